The van der Waals surface area contributed by atoms with E-state index in [1.165, 1.54) is 13.1 Å². The third kappa shape index (κ3) is 6.50. The van der Waals surface area contributed by atoms with Crippen LogP contribution in [-0.2, 0) is 4.79 Å². The number of carbonyl (C=O) groups is 1. The molecule has 6 nitrogen and oxygen atoms in total. The van der Waals surface area contributed by atoms with Crippen molar-refractivity contribution in [2.24, 2.45) is 4.99 Å². The molecule has 0 aromatic rings. The van der Waals surface area contributed by atoms with E-state index in [2.05, 4.69) is 22.2 Å². The number of guanidine groups is 1. The first kappa shape index (κ1) is 13.4. The van der Waals surface area contributed by atoms with E-state index in [4.69, 9.17) is 5.21 Å². The van der Waals surface area contributed by atoms with Crippen LogP contribution >= 0.6 is 0 Å². The first-order valence-corrected chi connectivity index (χ1v) is 4.65. The van der Waals surface area contributed by atoms with Crippen molar-refractivity contribution in [1.29, 1.82) is 0 Å². The van der Waals surface area contributed by atoms with E-state index in [-0.39, 0.29) is 5.91 Å². The Morgan fingerprint density at radius 1 is 1.53 bits per heavy atom. The van der Waals surface area contributed by atoms with Crippen molar-refractivity contribution < 1.29 is 10.0 Å². The van der Waals surface area contributed by atoms with Gasteiger partial charge in [0, 0.05) is 27.2 Å². The van der Waals surface area contributed by atoms with Gasteiger partial charge in [0.25, 0.3) is 0 Å². The largest absolute Gasteiger partial charge is 0.354 e. The zero-order chi connectivity index (χ0) is 11.7. The molecule has 3 N–H and O–H groups in total. The van der Waals surface area contributed by atoms with Gasteiger partial charge in [-0.25, -0.2) is 5.06 Å². The quantitative estimate of drug-likeness (QED) is 0.191. The van der Waals surface area contributed by atoms with Crippen LogP contribution in [0.3, 0.4) is 0 Å². The maximum Gasteiger partial charge on any atom is 0.243 e. The molecular weight excluding hydrogens is 196 g/mol. The number of amides is 1. The predicted octanol–water partition coefficient (Wildman–Crippen LogP) is -0.425. The number of aliphatic imine (C=N–C) groups is 1. The minimum atomic E-state index is -0.182. The molecule has 0 saturated carbocycles. The standard InChI is InChI=1S/C9H18N4O2/c1-4-8(14)11-6-5-7-12-9(10-2)13(3)15/h4,15H,1,5-7H2,2-3H3,(H,10,12)(H,11,14). The van der Waals surface area contributed by atoms with Gasteiger partial charge in [-0.2, -0.15) is 0 Å². The van der Waals surface area contributed by atoms with Gasteiger partial charge in [0.2, 0.25) is 11.9 Å². The molecule has 86 valence electrons. The third-order valence-electron chi connectivity index (χ3n) is 1.64. The van der Waals surface area contributed by atoms with Crippen molar-refractivity contribution in [1.82, 2.24) is 15.7 Å². The Balaban J connectivity index is 3.54. The van der Waals surface area contributed by atoms with Crippen LogP contribution in [-0.4, -0.2) is 49.3 Å². The average Bonchev–Trinajstić information content (AvgIpc) is 2.22. The van der Waals surface area contributed by atoms with Crippen molar-refractivity contribution in [3.8, 4) is 0 Å². The number of rotatable bonds is 5. The van der Waals surface area contributed by atoms with Crippen LogP contribution in [0.15, 0.2) is 17.6 Å². The summed E-state index contributed by atoms with van der Waals surface area (Å²) in [6, 6.07) is 0. The molecule has 0 aromatic heterocycles. The lowest BCUT2D eigenvalue weighted by Gasteiger charge is -2.14. The molecule has 15 heavy (non-hydrogen) atoms. The Morgan fingerprint density at radius 2 is 2.13 bits per heavy atom. The minimum absolute atomic E-state index is 0.182. The lowest BCUT2D eigenvalue weighted by molar-refractivity contribution is -0.116. The molecular formula is C9H18N4O2. The smallest absolute Gasteiger partial charge is 0.243 e. The molecule has 0 radical (unpaired) electrons. The molecule has 6 heteroatoms. The molecule has 0 spiro atoms. The molecule has 0 bridgehead atoms. The van der Waals surface area contributed by atoms with Crippen molar-refractivity contribution >= 4 is 11.9 Å². The van der Waals surface area contributed by atoms with E-state index in [1.54, 1.807) is 7.05 Å². The first-order valence-electron chi connectivity index (χ1n) is 4.65. The Bertz CT molecular complexity index is 238. The molecule has 0 fully saturated rings. The van der Waals surface area contributed by atoms with Gasteiger partial charge in [0.15, 0.2) is 0 Å². The molecule has 0 heterocycles. The van der Waals surface area contributed by atoms with Gasteiger partial charge < -0.3 is 10.6 Å². The summed E-state index contributed by atoms with van der Waals surface area (Å²) in [4.78, 5) is 14.6. The second-order valence-electron chi connectivity index (χ2n) is 2.85. The fraction of sp³-hybridized carbons (Fsp3) is 0.556. The van der Waals surface area contributed by atoms with Crippen LogP contribution in [0.1, 0.15) is 6.42 Å². The SMILES string of the molecule is C=CC(=O)NCCCNC(=NC)N(C)O. The van der Waals surface area contributed by atoms with Crippen LogP contribution in [0.5, 0.6) is 0 Å². The Labute approximate surface area is 89.6 Å². The second kappa shape index (κ2) is 7.81. The lowest BCUT2D eigenvalue weighted by atomic mass is 10.4. The number of nitrogens with one attached hydrogen (secondary N) is 2. The first-order chi connectivity index (χ1) is 7.11. The number of carbonyl (C=O) groups excluding carboxylic acids is 1. The molecule has 0 saturated heterocycles. The molecule has 0 unspecified atom stereocenters. The molecule has 0 aliphatic carbocycles. The second-order valence-corrected chi connectivity index (χ2v) is 2.85. The Hall–Kier alpha value is -1.56. The number of hydrogen-bond donors (Lipinski definition) is 3. The maximum atomic E-state index is 10.8. The van der Waals surface area contributed by atoms with Crippen molar-refractivity contribution in [2.45, 2.75) is 6.42 Å². The van der Waals surface area contributed by atoms with E-state index in [0.717, 1.165) is 11.5 Å². The van der Waals surface area contributed by atoms with Crippen LogP contribution in [0.25, 0.3) is 0 Å². The highest BCUT2D eigenvalue weighted by molar-refractivity contribution is 5.86. The van der Waals surface area contributed by atoms with Crippen molar-refractivity contribution in [3.63, 3.8) is 0 Å². The summed E-state index contributed by atoms with van der Waals surface area (Å²) >= 11 is 0. The molecule has 0 aliphatic heterocycles. The normalized spacial score (nSPS) is 10.7. The fourth-order valence-electron chi connectivity index (χ4n) is 0.911. The molecule has 0 aromatic carbocycles. The topological polar surface area (TPSA) is 77.0 Å². The number of nitrogens with zero attached hydrogens (tertiary/aromatic N) is 2. The van der Waals surface area contributed by atoms with Gasteiger partial charge in [-0.3, -0.25) is 15.0 Å². The Morgan fingerprint density at radius 3 is 2.60 bits per heavy atom. The van der Waals surface area contributed by atoms with E-state index >= 15 is 0 Å². The van der Waals surface area contributed by atoms with Crippen molar-refractivity contribution in [2.75, 3.05) is 27.2 Å². The van der Waals surface area contributed by atoms with Gasteiger partial charge in [-0.05, 0) is 12.5 Å². The van der Waals surface area contributed by atoms with E-state index in [1.807, 2.05) is 0 Å². The highest BCUT2D eigenvalue weighted by atomic mass is 16.5. The highest BCUT2D eigenvalue weighted by Gasteiger charge is 2.00. The van der Waals surface area contributed by atoms with E-state index in [0.29, 0.717) is 19.0 Å². The summed E-state index contributed by atoms with van der Waals surface area (Å²) in [5.41, 5.74) is 0. The zero-order valence-corrected chi connectivity index (χ0v) is 9.16. The number of hydroxylamine groups is 2. The fourth-order valence-corrected chi connectivity index (χ4v) is 0.911. The summed E-state index contributed by atoms with van der Waals surface area (Å²) < 4.78 is 0. The van der Waals surface area contributed by atoms with Gasteiger partial charge in [-0.15, -0.1) is 0 Å². The summed E-state index contributed by atoms with van der Waals surface area (Å²) in [7, 11) is 3.06. The number of hydrogen-bond acceptors (Lipinski definition) is 3. The average molecular weight is 214 g/mol. The molecule has 0 atom stereocenters. The molecule has 0 rings (SSSR count). The molecule has 1 amide bonds. The summed E-state index contributed by atoms with van der Waals surface area (Å²) in [6.07, 6.45) is 1.97. The van der Waals surface area contributed by atoms with E-state index < -0.39 is 0 Å². The zero-order valence-electron chi connectivity index (χ0n) is 9.16. The van der Waals surface area contributed by atoms with Crippen LogP contribution in [0, 0.1) is 0 Å². The predicted molar refractivity (Wildman–Crippen MR) is 58.7 cm³/mol. The summed E-state index contributed by atoms with van der Waals surface area (Å²) in [6.45, 7) is 4.52. The summed E-state index contributed by atoms with van der Waals surface area (Å²) in [5, 5.41) is 15.5. The van der Waals surface area contributed by atoms with Gasteiger partial charge >= 0.3 is 0 Å². The third-order valence-corrected chi connectivity index (χ3v) is 1.64. The van der Waals surface area contributed by atoms with Crippen LogP contribution in [0.4, 0.5) is 0 Å². The van der Waals surface area contributed by atoms with Crippen LogP contribution < -0.4 is 10.6 Å². The monoisotopic (exact) mass is 214 g/mol. The van der Waals surface area contributed by atoms with Crippen LogP contribution in [0.2, 0.25) is 0 Å². The van der Waals surface area contributed by atoms with E-state index in [9.17, 15) is 4.79 Å². The minimum Gasteiger partial charge on any atom is -0.354 e. The molecule has 0 aliphatic rings. The van der Waals surface area contributed by atoms with Gasteiger partial charge in [-0.1, -0.05) is 6.58 Å². The Kier molecular flexibility index (Phi) is 7.00. The summed E-state index contributed by atoms with van der Waals surface area (Å²) in [5.74, 6) is 0.212. The van der Waals surface area contributed by atoms with Gasteiger partial charge in [0.05, 0.1) is 0 Å². The highest BCUT2D eigenvalue weighted by Crippen LogP contribution is 1.80. The lowest BCUT2D eigenvalue weighted by Crippen LogP contribution is -2.38. The van der Waals surface area contributed by atoms with Gasteiger partial charge in [0.1, 0.15) is 0 Å². The van der Waals surface area contributed by atoms with Crippen molar-refractivity contribution in [3.05, 3.63) is 12.7 Å². The maximum absolute atomic E-state index is 10.8.